The van der Waals surface area contributed by atoms with E-state index in [1.807, 2.05) is 6.07 Å². The van der Waals surface area contributed by atoms with Crippen LogP contribution in [0.4, 0.5) is 0 Å². The van der Waals surface area contributed by atoms with Crippen LogP contribution in [0.25, 0.3) is 0 Å². The van der Waals surface area contributed by atoms with E-state index < -0.39 is 0 Å². The monoisotopic (exact) mass is 437 g/mol. The molecular weight excluding hydrogens is 394 g/mol. The van der Waals surface area contributed by atoms with Crippen molar-refractivity contribution in [3.63, 3.8) is 0 Å². The molecule has 32 heavy (non-hydrogen) atoms. The minimum Gasteiger partial charge on any atom is -0.390 e. The smallest absolute Gasteiger partial charge is 0.157 e. The molecule has 0 aromatic carbocycles. The van der Waals surface area contributed by atoms with Crippen LogP contribution < -0.4 is 5.73 Å². The van der Waals surface area contributed by atoms with E-state index >= 15 is 0 Å². The summed E-state index contributed by atoms with van der Waals surface area (Å²) in [6.45, 7) is 7.46. The van der Waals surface area contributed by atoms with Crippen molar-refractivity contribution in [2.75, 3.05) is 6.54 Å². The number of carbonyl (C=O) groups is 1. The number of fused-ring (bicyclic) bond motifs is 3. The van der Waals surface area contributed by atoms with Crippen molar-refractivity contribution in [2.24, 2.45) is 63.5 Å². The number of nitrogens with zero attached hydrogens (tertiary/aromatic N) is 2. The van der Waals surface area contributed by atoms with E-state index in [0.29, 0.717) is 5.78 Å². The van der Waals surface area contributed by atoms with Gasteiger partial charge < -0.3 is 5.73 Å². The fourth-order valence-electron chi connectivity index (χ4n) is 8.63. The second kappa shape index (κ2) is 9.70. The molecule has 0 spiro atoms. The summed E-state index contributed by atoms with van der Waals surface area (Å²) in [6.07, 6.45) is 16.3. The summed E-state index contributed by atoms with van der Waals surface area (Å²) in [5.41, 5.74) is 5.80. The van der Waals surface area contributed by atoms with Gasteiger partial charge in [0.05, 0.1) is 6.54 Å². The van der Waals surface area contributed by atoms with Crippen molar-refractivity contribution in [2.45, 2.75) is 85.0 Å². The van der Waals surface area contributed by atoms with E-state index in [1.54, 1.807) is 0 Å². The molecule has 0 aliphatic heterocycles. The third-order valence-electron chi connectivity index (χ3n) is 10.1. The first kappa shape index (κ1) is 23.5. The van der Waals surface area contributed by atoms with Crippen LogP contribution in [0, 0.1) is 64.1 Å². The maximum Gasteiger partial charge on any atom is 0.157 e. The number of carbonyl (C=O) groups excluding carboxylic acids is 1. The molecule has 0 bridgehead atoms. The molecule has 0 radical (unpaired) electrons. The van der Waals surface area contributed by atoms with Crippen LogP contribution >= 0.6 is 0 Å². The number of ketones is 1. The molecule has 176 valence electrons. The quantitative estimate of drug-likeness (QED) is 0.378. The Bertz CT molecular complexity index is 791. The van der Waals surface area contributed by atoms with E-state index in [9.17, 15) is 4.79 Å². The van der Waals surface area contributed by atoms with Crippen LogP contribution in [0.5, 0.6) is 0 Å². The molecule has 0 heterocycles. The summed E-state index contributed by atoms with van der Waals surface area (Å²) in [5, 5.41) is 8.77. The summed E-state index contributed by atoms with van der Waals surface area (Å²) >= 11 is 0. The Kier molecular flexibility index (Phi) is 7.13. The standard InChI is InChI=1S/C28H43N3O/c1-4-6-21-18(5-2)9-10-23-22(21)11-13-28(3)25(15-24(27(23)28)19-7-8-19)26(32)17-31-14-12-20(30)16-29/h12,14,18-19,21-25,27H,4-11,13,15,17,30H2,1-3H3. The Morgan fingerprint density at radius 2 is 1.94 bits per heavy atom. The van der Waals surface area contributed by atoms with Crippen LogP contribution in [0.3, 0.4) is 0 Å². The van der Waals surface area contributed by atoms with Gasteiger partial charge in [0.1, 0.15) is 11.8 Å². The highest BCUT2D eigenvalue weighted by molar-refractivity contribution is 5.86. The molecule has 4 nitrogen and oxygen atoms in total. The highest BCUT2D eigenvalue weighted by atomic mass is 16.1. The molecule has 4 aliphatic carbocycles. The number of hydrogen-bond donors (Lipinski definition) is 1. The molecule has 0 aromatic rings. The van der Waals surface area contributed by atoms with E-state index in [1.165, 1.54) is 70.1 Å². The fourth-order valence-corrected chi connectivity index (χ4v) is 8.63. The van der Waals surface area contributed by atoms with Crippen molar-refractivity contribution in [1.29, 1.82) is 5.26 Å². The molecule has 0 aromatic heterocycles. The van der Waals surface area contributed by atoms with Gasteiger partial charge >= 0.3 is 0 Å². The van der Waals surface area contributed by atoms with E-state index in [2.05, 4.69) is 25.8 Å². The lowest BCUT2D eigenvalue weighted by molar-refractivity contribution is -0.129. The summed E-state index contributed by atoms with van der Waals surface area (Å²) in [7, 11) is 0. The second-order valence-corrected chi connectivity index (χ2v) is 11.6. The van der Waals surface area contributed by atoms with Gasteiger partial charge in [-0.3, -0.25) is 9.79 Å². The van der Waals surface area contributed by atoms with Gasteiger partial charge in [-0.2, -0.15) is 5.26 Å². The van der Waals surface area contributed by atoms with Gasteiger partial charge in [-0.25, -0.2) is 0 Å². The second-order valence-electron chi connectivity index (χ2n) is 11.6. The maximum atomic E-state index is 13.4. The Morgan fingerprint density at radius 1 is 1.16 bits per heavy atom. The van der Waals surface area contributed by atoms with Crippen LogP contribution in [-0.4, -0.2) is 18.5 Å². The summed E-state index contributed by atoms with van der Waals surface area (Å²) in [6, 6.07) is 1.89. The number of aliphatic imine (C=N–C) groups is 1. The molecule has 8 atom stereocenters. The van der Waals surface area contributed by atoms with E-state index in [4.69, 9.17) is 11.0 Å². The molecule has 0 amide bonds. The van der Waals surface area contributed by atoms with Crippen molar-refractivity contribution >= 4 is 12.0 Å². The fraction of sp³-hybridized carbons (Fsp3) is 0.821. The van der Waals surface area contributed by atoms with Gasteiger partial charge in [-0.15, -0.1) is 0 Å². The van der Waals surface area contributed by atoms with Gasteiger partial charge in [0, 0.05) is 12.1 Å². The minimum absolute atomic E-state index is 0.130. The van der Waals surface area contributed by atoms with Gasteiger partial charge in [-0.1, -0.05) is 40.0 Å². The highest BCUT2D eigenvalue weighted by Gasteiger charge is 2.63. The Morgan fingerprint density at radius 3 is 2.59 bits per heavy atom. The zero-order valence-electron chi connectivity index (χ0n) is 20.4. The first-order valence-electron chi connectivity index (χ1n) is 13.3. The predicted molar refractivity (Wildman–Crippen MR) is 130 cm³/mol. The first-order valence-corrected chi connectivity index (χ1v) is 13.3. The molecule has 4 aliphatic rings. The average molecular weight is 438 g/mol. The third kappa shape index (κ3) is 4.29. The topological polar surface area (TPSA) is 79.2 Å². The first-order chi connectivity index (χ1) is 15.4. The number of Topliss-reactive ketones (excluding diaryl/α,β-unsaturated/α-hetero) is 1. The average Bonchev–Trinajstić information content (AvgIpc) is 3.58. The van der Waals surface area contributed by atoms with Gasteiger partial charge in [0.2, 0.25) is 0 Å². The minimum atomic E-state index is 0.130. The molecule has 4 saturated carbocycles. The Balaban J connectivity index is 1.55. The third-order valence-corrected chi connectivity index (χ3v) is 10.1. The van der Waals surface area contributed by atoms with Crippen LogP contribution in [0.1, 0.15) is 85.0 Å². The zero-order valence-corrected chi connectivity index (χ0v) is 20.4. The van der Waals surface area contributed by atoms with Gasteiger partial charge in [-0.05, 0) is 97.9 Å². The number of allylic oxidation sites excluding steroid dienone is 2. The largest absolute Gasteiger partial charge is 0.390 e. The SMILES string of the molecule is CCCC1C(CC)CCC2C1CCC1(C)C(C(=O)CN=CC=C(N)C#N)CC(C3CC3)C21. The lowest BCUT2D eigenvalue weighted by Crippen LogP contribution is -2.49. The number of hydrogen-bond acceptors (Lipinski definition) is 4. The lowest BCUT2D eigenvalue weighted by atomic mass is 9.49. The van der Waals surface area contributed by atoms with Crippen LogP contribution in [0.15, 0.2) is 16.8 Å². The lowest BCUT2D eigenvalue weighted by Gasteiger charge is -2.55. The summed E-state index contributed by atoms with van der Waals surface area (Å²) in [4.78, 5) is 17.7. The zero-order chi connectivity index (χ0) is 22.9. The molecular formula is C28H43N3O. The van der Waals surface area contributed by atoms with Crippen molar-refractivity contribution in [3.8, 4) is 6.07 Å². The normalized spacial score (nSPS) is 41.8. The molecule has 2 N–H and O–H groups in total. The van der Waals surface area contributed by atoms with Crippen molar-refractivity contribution < 1.29 is 4.79 Å². The number of nitriles is 1. The molecule has 4 rings (SSSR count). The molecule has 4 fully saturated rings. The summed E-state index contributed by atoms with van der Waals surface area (Å²) in [5.74, 6) is 6.36. The van der Waals surface area contributed by atoms with E-state index in [-0.39, 0.29) is 23.6 Å². The number of rotatable bonds is 8. The predicted octanol–water partition coefficient (Wildman–Crippen LogP) is 5.92. The van der Waals surface area contributed by atoms with Gasteiger partial charge in [0.15, 0.2) is 5.78 Å². The van der Waals surface area contributed by atoms with E-state index in [0.717, 1.165) is 47.8 Å². The van der Waals surface area contributed by atoms with Crippen molar-refractivity contribution in [3.05, 3.63) is 11.8 Å². The summed E-state index contributed by atoms with van der Waals surface area (Å²) < 4.78 is 0. The molecule has 8 unspecified atom stereocenters. The van der Waals surface area contributed by atoms with Crippen LogP contribution in [-0.2, 0) is 4.79 Å². The van der Waals surface area contributed by atoms with Gasteiger partial charge in [0.25, 0.3) is 0 Å². The molecule has 4 heteroatoms. The highest BCUT2D eigenvalue weighted by Crippen LogP contribution is 2.68. The van der Waals surface area contributed by atoms with Crippen LogP contribution in [0.2, 0.25) is 0 Å². The number of nitrogens with two attached hydrogens (primary N) is 1. The van der Waals surface area contributed by atoms with Crippen molar-refractivity contribution in [1.82, 2.24) is 0 Å². The molecule has 0 saturated heterocycles. The maximum absolute atomic E-state index is 13.4. The Hall–Kier alpha value is -1.63. The Labute approximate surface area is 195 Å².